The first-order valence-corrected chi connectivity index (χ1v) is 9.20. The Labute approximate surface area is 155 Å². The quantitative estimate of drug-likeness (QED) is 0.849. The molecule has 0 saturated heterocycles. The highest BCUT2D eigenvalue weighted by Crippen LogP contribution is 2.26. The van der Waals surface area contributed by atoms with Crippen LogP contribution in [0, 0.1) is 0 Å². The molecule has 136 valence electrons. The van der Waals surface area contributed by atoms with Gasteiger partial charge in [0.15, 0.2) is 0 Å². The van der Waals surface area contributed by atoms with Crippen molar-refractivity contribution in [3.05, 3.63) is 66.2 Å². The summed E-state index contributed by atoms with van der Waals surface area (Å²) in [6, 6.07) is 17.8. The maximum absolute atomic E-state index is 12.7. The summed E-state index contributed by atoms with van der Waals surface area (Å²) in [5, 5.41) is 3.01. The molecule has 1 aliphatic heterocycles. The van der Waals surface area contributed by atoms with Crippen molar-refractivity contribution in [1.29, 1.82) is 0 Å². The van der Waals surface area contributed by atoms with E-state index >= 15 is 0 Å². The van der Waals surface area contributed by atoms with Gasteiger partial charge in [-0.1, -0.05) is 48.5 Å². The van der Waals surface area contributed by atoms with E-state index in [-0.39, 0.29) is 11.9 Å². The van der Waals surface area contributed by atoms with Gasteiger partial charge in [0, 0.05) is 13.1 Å². The summed E-state index contributed by atoms with van der Waals surface area (Å²) in [4.78, 5) is 14.9. The highest BCUT2D eigenvalue weighted by molar-refractivity contribution is 5.95. The lowest BCUT2D eigenvalue weighted by molar-refractivity contribution is -0.120. The van der Waals surface area contributed by atoms with Crippen molar-refractivity contribution >= 4 is 17.2 Å². The van der Waals surface area contributed by atoms with Crippen LogP contribution in [0.15, 0.2) is 60.7 Å². The summed E-state index contributed by atoms with van der Waals surface area (Å²) in [6.45, 7) is 6.13. The Hall–Kier alpha value is -2.59. The second-order valence-electron chi connectivity index (χ2n) is 6.43. The Morgan fingerprint density at radius 2 is 1.88 bits per heavy atom. The van der Waals surface area contributed by atoms with E-state index in [4.69, 9.17) is 4.74 Å². The molecule has 1 N–H and O–H groups in total. The Morgan fingerprint density at radius 3 is 2.58 bits per heavy atom. The maximum Gasteiger partial charge on any atom is 0.241 e. The largest absolute Gasteiger partial charge is 0.492 e. The van der Waals surface area contributed by atoms with Gasteiger partial charge in [-0.2, -0.15) is 0 Å². The van der Waals surface area contributed by atoms with Crippen LogP contribution in [0.5, 0.6) is 5.75 Å². The van der Waals surface area contributed by atoms with Crippen LogP contribution in [0.2, 0.25) is 0 Å². The molecule has 1 heterocycles. The lowest BCUT2D eigenvalue weighted by Gasteiger charge is -2.31. The van der Waals surface area contributed by atoms with Crippen molar-refractivity contribution < 1.29 is 9.53 Å². The highest BCUT2D eigenvalue weighted by atomic mass is 16.5. The Kier molecular flexibility index (Phi) is 6.08. The predicted octanol–water partition coefficient (Wildman–Crippen LogP) is 4.20. The number of hydrogen-bond acceptors (Lipinski definition) is 3. The van der Waals surface area contributed by atoms with E-state index in [1.165, 1.54) is 11.1 Å². The molecule has 1 atom stereocenters. The molecule has 26 heavy (non-hydrogen) atoms. The summed E-state index contributed by atoms with van der Waals surface area (Å²) in [5.74, 6) is 0.703. The van der Waals surface area contributed by atoms with Gasteiger partial charge in [-0.25, -0.2) is 0 Å². The zero-order chi connectivity index (χ0) is 18.4. The third-order valence-corrected chi connectivity index (χ3v) is 4.76. The first-order valence-electron chi connectivity index (χ1n) is 9.20. The fourth-order valence-corrected chi connectivity index (χ4v) is 3.21. The topological polar surface area (TPSA) is 41.6 Å². The molecule has 0 radical (unpaired) electrons. The molecule has 0 spiro atoms. The first-order chi connectivity index (χ1) is 12.7. The second-order valence-corrected chi connectivity index (χ2v) is 6.43. The zero-order valence-corrected chi connectivity index (χ0v) is 15.4. The minimum Gasteiger partial charge on any atom is -0.492 e. The van der Waals surface area contributed by atoms with Gasteiger partial charge in [0.1, 0.15) is 5.75 Å². The lowest BCUT2D eigenvalue weighted by Crippen LogP contribution is -2.44. The fourth-order valence-electron chi connectivity index (χ4n) is 3.21. The van der Waals surface area contributed by atoms with Gasteiger partial charge >= 0.3 is 0 Å². The van der Waals surface area contributed by atoms with Crippen LogP contribution < -0.4 is 10.1 Å². The molecule has 2 aromatic carbocycles. The Morgan fingerprint density at radius 1 is 1.15 bits per heavy atom. The molecule has 0 saturated carbocycles. The van der Waals surface area contributed by atoms with Crippen molar-refractivity contribution in [2.75, 3.05) is 25.0 Å². The van der Waals surface area contributed by atoms with Gasteiger partial charge in [-0.3, -0.25) is 9.69 Å². The van der Waals surface area contributed by atoms with E-state index < -0.39 is 0 Å². The second kappa shape index (κ2) is 8.68. The number of benzene rings is 2. The van der Waals surface area contributed by atoms with Crippen LogP contribution in [0.3, 0.4) is 0 Å². The smallest absolute Gasteiger partial charge is 0.241 e. The third kappa shape index (κ3) is 4.33. The number of carbonyl (C=O) groups excluding carboxylic acids is 1. The zero-order valence-electron chi connectivity index (χ0n) is 15.4. The van der Waals surface area contributed by atoms with Crippen molar-refractivity contribution in [3.63, 3.8) is 0 Å². The normalized spacial score (nSPS) is 15.8. The van der Waals surface area contributed by atoms with Crippen LogP contribution in [-0.4, -0.2) is 36.5 Å². The minimum atomic E-state index is -0.196. The SMILES string of the molecule is CCOc1ccccc1NC(=O)[C@@H](C)N1CC=C(c2ccccc2)CC1. The van der Waals surface area contributed by atoms with Crippen molar-refractivity contribution in [2.24, 2.45) is 0 Å². The predicted molar refractivity (Wildman–Crippen MR) is 106 cm³/mol. The Balaban J connectivity index is 1.62. The molecule has 0 aliphatic carbocycles. The number of nitrogens with one attached hydrogen (secondary N) is 1. The van der Waals surface area contributed by atoms with Gasteiger partial charge in [0.05, 0.1) is 18.3 Å². The van der Waals surface area contributed by atoms with E-state index in [9.17, 15) is 4.79 Å². The van der Waals surface area contributed by atoms with E-state index in [0.29, 0.717) is 12.4 Å². The molecular weight excluding hydrogens is 324 g/mol. The standard InChI is InChI=1S/C22H26N2O2/c1-3-26-21-12-8-7-11-20(21)23-22(25)17(2)24-15-13-19(14-16-24)18-9-5-4-6-10-18/h4-13,17H,3,14-16H2,1-2H3,(H,23,25)/t17-/m1/s1. The van der Waals surface area contributed by atoms with Crippen LogP contribution in [-0.2, 0) is 4.79 Å². The van der Waals surface area contributed by atoms with E-state index in [0.717, 1.165) is 25.2 Å². The summed E-state index contributed by atoms with van der Waals surface area (Å²) in [6.07, 6.45) is 3.19. The number of rotatable bonds is 6. The van der Waals surface area contributed by atoms with Crippen LogP contribution >= 0.6 is 0 Å². The summed E-state index contributed by atoms with van der Waals surface area (Å²) in [5.41, 5.74) is 3.36. The average Bonchev–Trinajstić information content (AvgIpc) is 2.70. The number of hydrogen-bond donors (Lipinski definition) is 1. The van der Waals surface area contributed by atoms with Crippen molar-refractivity contribution in [1.82, 2.24) is 4.90 Å². The van der Waals surface area contributed by atoms with E-state index in [1.54, 1.807) is 0 Å². The molecule has 1 aliphatic rings. The van der Waals surface area contributed by atoms with E-state index in [1.807, 2.05) is 44.2 Å². The van der Waals surface area contributed by atoms with Gasteiger partial charge in [0.25, 0.3) is 0 Å². The maximum atomic E-state index is 12.7. The molecule has 4 heteroatoms. The molecule has 0 aromatic heterocycles. The van der Waals surface area contributed by atoms with Crippen LogP contribution in [0.4, 0.5) is 5.69 Å². The number of anilines is 1. The van der Waals surface area contributed by atoms with Gasteiger partial charge < -0.3 is 10.1 Å². The van der Waals surface area contributed by atoms with Crippen LogP contribution in [0.25, 0.3) is 5.57 Å². The summed E-state index contributed by atoms with van der Waals surface area (Å²) in [7, 11) is 0. The number of para-hydroxylation sites is 2. The van der Waals surface area contributed by atoms with Gasteiger partial charge in [-0.15, -0.1) is 0 Å². The third-order valence-electron chi connectivity index (χ3n) is 4.76. The molecule has 3 rings (SSSR count). The van der Waals surface area contributed by atoms with Gasteiger partial charge in [-0.05, 0) is 43.5 Å². The van der Waals surface area contributed by atoms with Crippen molar-refractivity contribution in [2.45, 2.75) is 26.3 Å². The summed E-state index contributed by atoms with van der Waals surface area (Å²) >= 11 is 0. The summed E-state index contributed by atoms with van der Waals surface area (Å²) < 4.78 is 5.59. The molecule has 0 fully saturated rings. The molecule has 1 amide bonds. The fraction of sp³-hybridized carbons (Fsp3) is 0.318. The average molecular weight is 350 g/mol. The molecule has 2 aromatic rings. The minimum absolute atomic E-state index is 0.00582. The molecular formula is C22H26N2O2. The monoisotopic (exact) mass is 350 g/mol. The number of carbonyl (C=O) groups is 1. The molecule has 4 nitrogen and oxygen atoms in total. The number of amides is 1. The number of nitrogens with zero attached hydrogens (tertiary/aromatic N) is 1. The van der Waals surface area contributed by atoms with E-state index in [2.05, 4.69) is 40.6 Å². The first kappa shape index (κ1) is 18.2. The van der Waals surface area contributed by atoms with Crippen molar-refractivity contribution in [3.8, 4) is 5.75 Å². The Bertz CT molecular complexity index is 771. The lowest BCUT2D eigenvalue weighted by atomic mass is 9.99. The molecule has 0 unspecified atom stereocenters. The number of ether oxygens (including phenoxy) is 1. The van der Waals surface area contributed by atoms with Gasteiger partial charge in [0.2, 0.25) is 5.91 Å². The highest BCUT2D eigenvalue weighted by Gasteiger charge is 2.24. The molecule has 0 bridgehead atoms. The van der Waals surface area contributed by atoms with Crippen LogP contribution in [0.1, 0.15) is 25.8 Å².